The molecule has 1 N–H and O–H groups in total. The number of hydrogen-bond donors (Lipinski definition) is 1. The molecule has 1 unspecified atom stereocenters. The van der Waals surface area contributed by atoms with Gasteiger partial charge in [-0.3, -0.25) is 9.59 Å². The summed E-state index contributed by atoms with van der Waals surface area (Å²) in [6, 6.07) is 4.77. The number of imidazole rings is 1. The van der Waals surface area contributed by atoms with Gasteiger partial charge in [0.1, 0.15) is 0 Å². The molecule has 1 aliphatic rings. The molecule has 9 heteroatoms. The number of H-pyrrole nitrogens is 1. The maximum Gasteiger partial charge on any atom is 0.256 e. The summed E-state index contributed by atoms with van der Waals surface area (Å²) in [6.45, 7) is 0.266. The van der Waals surface area contributed by atoms with E-state index in [0.717, 1.165) is 17.6 Å². The Balaban J connectivity index is 1.62. The summed E-state index contributed by atoms with van der Waals surface area (Å²) in [5.74, 6) is -2.44. The Labute approximate surface area is 168 Å². The number of carbonyl (C=O) groups excluding carboxylic acids is 1. The molecule has 1 atom stereocenters. The minimum Gasteiger partial charge on any atom is -0.373 e. The van der Waals surface area contributed by atoms with Crippen molar-refractivity contribution in [2.24, 2.45) is 0 Å². The van der Waals surface area contributed by atoms with E-state index in [0.29, 0.717) is 16.8 Å². The van der Waals surface area contributed by atoms with Crippen LogP contribution < -0.4 is 5.56 Å². The van der Waals surface area contributed by atoms with Gasteiger partial charge in [-0.05, 0) is 29.7 Å². The van der Waals surface area contributed by atoms with Crippen LogP contribution in [0.5, 0.6) is 0 Å². The minimum absolute atomic E-state index is 0.0280. The maximum atomic E-state index is 14.0. The van der Waals surface area contributed by atoms with Gasteiger partial charge in [-0.25, -0.2) is 13.8 Å². The molecule has 0 saturated heterocycles. The van der Waals surface area contributed by atoms with Gasteiger partial charge in [0.2, 0.25) is 0 Å². The van der Waals surface area contributed by atoms with Crippen molar-refractivity contribution in [3.8, 4) is 0 Å². The normalized spacial score (nSPS) is 16.0. The Morgan fingerprint density at radius 1 is 1.27 bits per heavy atom. The molecule has 0 bridgehead atoms. The molecular formula is C21H16F2N4O3. The number of benzene rings is 1. The van der Waals surface area contributed by atoms with Gasteiger partial charge in [-0.15, -0.1) is 0 Å². The van der Waals surface area contributed by atoms with Crippen LogP contribution in [-0.2, 0) is 11.3 Å². The van der Waals surface area contributed by atoms with Crippen LogP contribution in [0, 0.1) is 11.6 Å². The number of likely N-dealkylation sites (N-methyl/N-ethyl adjacent to an activating group) is 1. The third kappa shape index (κ3) is 2.78. The number of pyridine rings is 2. The van der Waals surface area contributed by atoms with Gasteiger partial charge in [-0.1, -0.05) is 0 Å². The molecule has 30 heavy (non-hydrogen) atoms. The first kappa shape index (κ1) is 18.4. The second kappa shape index (κ2) is 6.74. The Hall–Kier alpha value is -3.59. The highest BCUT2D eigenvalue weighted by molar-refractivity contribution is 5.95. The zero-order valence-electron chi connectivity index (χ0n) is 15.9. The van der Waals surface area contributed by atoms with Gasteiger partial charge in [-0.2, -0.15) is 0 Å². The smallest absolute Gasteiger partial charge is 0.256 e. The maximum absolute atomic E-state index is 14.0. The van der Waals surface area contributed by atoms with Gasteiger partial charge in [0.15, 0.2) is 11.6 Å². The molecule has 5 rings (SSSR count). The van der Waals surface area contributed by atoms with Crippen molar-refractivity contribution < 1.29 is 18.3 Å². The first-order valence-corrected chi connectivity index (χ1v) is 9.24. The molecule has 3 aromatic heterocycles. The fourth-order valence-electron chi connectivity index (χ4n) is 3.94. The molecule has 0 saturated carbocycles. The number of aromatic amines is 1. The van der Waals surface area contributed by atoms with Crippen LogP contribution in [0.1, 0.15) is 27.7 Å². The number of aromatic nitrogens is 3. The van der Waals surface area contributed by atoms with Gasteiger partial charge in [0.05, 0.1) is 48.2 Å². The largest absolute Gasteiger partial charge is 0.373 e. The van der Waals surface area contributed by atoms with E-state index in [2.05, 4.69) is 9.97 Å². The van der Waals surface area contributed by atoms with Crippen molar-refractivity contribution in [2.45, 2.75) is 12.6 Å². The van der Waals surface area contributed by atoms with Crippen LogP contribution >= 0.6 is 0 Å². The van der Waals surface area contributed by atoms with Crippen molar-refractivity contribution in [1.29, 1.82) is 0 Å². The summed E-state index contributed by atoms with van der Waals surface area (Å²) in [5, 5.41) is 0.297. The molecule has 4 heterocycles. The number of nitrogens with one attached hydrogen (secondary N) is 1. The molecule has 4 aromatic rings. The molecule has 0 aliphatic carbocycles. The summed E-state index contributed by atoms with van der Waals surface area (Å²) < 4.78 is 35.1. The average molecular weight is 410 g/mol. The third-order valence-corrected chi connectivity index (χ3v) is 5.48. The number of fused-ring (bicyclic) bond motifs is 4. The zero-order chi connectivity index (χ0) is 21.0. The molecule has 0 fully saturated rings. The Morgan fingerprint density at radius 3 is 2.83 bits per heavy atom. The average Bonchev–Trinajstić information content (AvgIpc) is 3.21. The lowest BCUT2D eigenvalue weighted by Gasteiger charge is -2.34. The van der Waals surface area contributed by atoms with Crippen LogP contribution in [0.3, 0.4) is 0 Å². The fourth-order valence-corrected chi connectivity index (χ4v) is 3.94. The molecule has 1 aliphatic heterocycles. The lowest BCUT2D eigenvalue weighted by Crippen LogP contribution is -2.37. The highest BCUT2D eigenvalue weighted by atomic mass is 19.2. The molecule has 1 aromatic carbocycles. The molecule has 0 spiro atoms. The SMILES string of the molecule is CN(C(=O)c1ccc2cncn2c1)C1COCc2[nH]c(=O)c3cc(F)c(F)cc3c21. The van der Waals surface area contributed by atoms with Crippen molar-refractivity contribution in [3.05, 3.63) is 81.8 Å². The van der Waals surface area contributed by atoms with E-state index in [1.54, 1.807) is 42.3 Å². The summed E-state index contributed by atoms with van der Waals surface area (Å²) in [6.07, 6.45) is 4.95. The standard InChI is InChI=1S/C21H16F2N4O3/c1-26(21(29)11-2-3-12-6-24-10-27(12)7-11)18-9-30-8-17-19(18)13-4-15(22)16(23)5-14(13)20(28)25-17/h2-7,10,18H,8-9H2,1H3,(H,25,28). The summed E-state index contributed by atoms with van der Waals surface area (Å²) in [7, 11) is 1.61. The Bertz CT molecular complexity index is 1380. The van der Waals surface area contributed by atoms with Gasteiger partial charge < -0.3 is 19.0 Å². The van der Waals surface area contributed by atoms with E-state index in [9.17, 15) is 18.4 Å². The monoisotopic (exact) mass is 410 g/mol. The zero-order valence-corrected chi connectivity index (χ0v) is 15.9. The number of nitrogens with zero attached hydrogens (tertiary/aromatic N) is 3. The van der Waals surface area contributed by atoms with Crippen molar-refractivity contribution in [3.63, 3.8) is 0 Å². The lowest BCUT2D eigenvalue weighted by atomic mass is 9.95. The summed E-state index contributed by atoms with van der Waals surface area (Å²) in [4.78, 5) is 33.7. The first-order chi connectivity index (χ1) is 14.4. The van der Waals surface area contributed by atoms with Crippen LogP contribution in [0.2, 0.25) is 0 Å². The van der Waals surface area contributed by atoms with Crippen LogP contribution in [0.4, 0.5) is 8.78 Å². The van der Waals surface area contributed by atoms with Crippen molar-refractivity contribution in [1.82, 2.24) is 19.3 Å². The number of halogens is 2. The molecule has 152 valence electrons. The number of rotatable bonds is 2. The summed E-state index contributed by atoms with van der Waals surface area (Å²) >= 11 is 0. The van der Waals surface area contributed by atoms with Gasteiger partial charge in [0, 0.05) is 24.5 Å². The number of hydrogen-bond acceptors (Lipinski definition) is 4. The fraction of sp³-hybridized carbons (Fsp3) is 0.190. The van der Waals surface area contributed by atoms with E-state index < -0.39 is 23.2 Å². The van der Waals surface area contributed by atoms with E-state index >= 15 is 0 Å². The van der Waals surface area contributed by atoms with Crippen LogP contribution in [0.25, 0.3) is 16.3 Å². The third-order valence-electron chi connectivity index (χ3n) is 5.48. The van der Waals surface area contributed by atoms with Crippen molar-refractivity contribution in [2.75, 3.05) is 13.7 Å². The highest BCUT2D eigenvalue weighted by Crippen LogP contribution is 2.34. The topological polar surface area (TPSA) is 79.7 Å². The van der Waals surface area contributed by atoms with E-state index in [1.165, 1.54) is 4.90 Å². The predicted octanol–water partition coefficient (Wildman–Crippen LogP) is 2.80. The van der Waals surface area contributed by atoms with Gasteiger partial charge >= 0.3 is 0 Å². The lowest BCUT2D eigenvalue weighted by molar-refractivity contribution is 0.0335. The Kier molecular flexibility index (Phi) is 4.14. The molecule has 0 radical (unpaired) electrons. The summed E-state index contributed by atoms with van der Waals surface area (Å²) in [5.41, 5.74) is 1.74. The number of carbonyl (C=O) groups is 1. The van der Waals surface area contributed by atoms with Crippen LogP contribution in [-0.4, -0.2) is 38.8 Å². The van der Waals surface area contributed by atoms with E-state index in [4.69, 9.17) is 4.74 Å². The predicted molar refractivity (Wildman–Crippen MR) is 104 cm³/mol. The molecule has 1 amide bonds. The van der Waals surface area contributed by atoms with E-state index in [-0.39, 0.29) is 29.9 Å². The number of ether oxygens (including phenoxy) is 1. The highest BCUT2D eigenvalue weighted by Gasteiger charge is 2.31. The second-order valence-corrected chi connectivity index (χ2v) is 7.25. The molecular weight excluding hydrogens is 394 g/mol. The van der Waals surface area contributed by atoms with Gasteiger partial charge in [0.25, 0.3) is 11.5 Å². The second-order valence-electron chi connectivity index (χ2n) is 7.25. The molecule has 7 nitrogen and oxygen atoms in total. The van der Waals surface area contributed by atoms with Crippen molar-refractivity contribution >= 4 is 22.2 Å². The minimum atomic E-state index is -1.10. The van der Waals surface area contributed by atoms with Crippen LogP contribution in [0.15, 0.2) is 47.8 Å². The quantitative estimate of drug-likeness (QED) is 0.551. The first-order valence-electron chi connectivity index (χ1n) is 9.24. The number of amides is 1. The van der Waals surface area contributed by atoms with E-state index in [1.807, 2.05) is 0 Å². The Morgan fingerprint density at radius 2 is 2.03 bits per heavy atom.